The average molecular weight is 420 g/mol. The summed E-state index contributed by atoms with van der Waals surface area (Å²) in [6.45, 7) is 5.55. The van der Waals surface area contributed by atoms with E-state index in [1.54, 1.807) is 0 Å². The molecule has 4 aliphatic carbocycles. The fourth-order valence-corrected chi connectivity index (χ4v) is 7.24. The number of carbonyl (C=O) groups is 1. The number of carboxylic acids is 1. The SMILES string of the molecule is C[C@]12CC[C@H](O)CC1=CC(NOCC(=O)O)=C1C2CC[C@@]2(C)C1CCC21OCCO1. The Hall–Kier alpha value is -1.41. The van der Waals surface area contributed by atoms with E-state index >= 15 is 0 Å². The van der Waals surface area contributed by atoms with Gasteiger partial charge in [0, 0.05) is 11.8 Å². The lowest BCUT2D eigenvalue weighted by atomic mass is 9.50. The third-order valence-electron chi connectivity index (χ3n) is 8.82. The first-order valence-electron chi connectivity index (χ1n) is 11.3. The second-order valence-electron chi connectivity index (χ2n) is 10.2. The molecule has 7 nitrogen and oxygen atoms in total. The number of fused-ring (bicyclic) bond motifs is 6. The molecular formula is C23H33NO6. The molecule has 1 spiro atoms. The van der Waals surface area contributed by atoms with Crippen molar-refractivity contribution in [2.24, 2.45) is 22.7 Å². The number of allylic oxidation sites excluding steroid dienone is 2. The molecule has 3 N–H and O–H groups in total. The Morgan fingerprint density at radius 2 is 1.90 bits per heavy atom. The van der Waals surface area contributed by atoms with Gasteiger partial charge >= 0.3 is 5.97 Å². The summed E-state index contributed by atoms with van der Waals surface area (Å²) in [5, 5.41) is 19.3. The first kappa shape index (κ1) is 20.5. The van der Waals surface area contributed by atoms with E-state index in [2.05, 4.69) is 25.4 Å². The van der Waals surface area contributed by atoms with Gasteiger partial charge in [-0.15, -0.1) is 0 Å². The normalized spacial score (nSPS) is 41.8. The third-order valence-corrected chi connectivity index (χ3v) is 8.82. The Kier molecular flexibility index (Phi) is 4.82. The second kappa shape index (κ2) is 7.05. The molecule has 0 bridgehead atoms. The molecule has 1 saturated heterocycles. The van der Waals surface area contributed by atoms with Gasteiger partial charge in [0.1, 0.15) is 0 Å². The molecule has 1 aliphatic heterocycles. The zero-order valence-corrected chi connectivity index (χ0v) is 17.9. The van der Waals surface area contributed by atoms with E-state index in [0.717, 1.165) is 44.2 Å². The lowest BCUT2D eigenvalue weighted by Gasteiger charge is -2.56. The zero-order chi connectivity index (χ0) is 21.1. The van der Waals surface area contributed by atoms with Gasteiger partial charge in [0.15, 0.2) is 12.4 Å². The van der Waals surface area contributed by atoms with Gasteiger partial charge in [-0.1, -0.05) is 19.4 Å². The van der Waals surface area contributed by atoms with Crippen molar-refractivity contribution in [3.05, 3.63) is 22.9 Å². The highest BCUT2D eigenvalue weighted by Gasteiger charge is 2.65. The van der Waals surface area contributed by atoms with E-state index in [4.69, 9.17) is 19.4 Å². The van der Waals surface area contributed by atoms with Crippen LogP contribution in [0.3, 0.4) is 0 Å². The predicted molar refractivity (Wildman–Crippen MR) is 108 cm³/mol. The maximum Gasteiger partial charge on any atom is 0.332 e. The monoisotopic (exact) mass is 419 g/mol. The van der Waals surface area contributed by atoms with Crippen molar-refractivity contribution >= 4 is 5.97 Å². The van der Waals surface area contributed by atoms with Crippen LogP contribution in [0.5, 0.6) is 0 Å². The highest BCUT2D eigenvalue weighted by Crippen LogP contribution is 2.68. The lowest BCUT2D eigenvalue weighted by Crippen LogP contribution is -2.53. The first-order valence-corrected chi connectivity index (χ1v) is 11.3. The molecule has 4 fully saturated rings. The smallest absolute Gasteiger partial charge is 0.332 e. The molecule has 0 aromatic heterocycles. The van der Waals surface area contributed by atoms with Crippen LogP contribution in [-0.2, 0) is 19.1 Å². The molecule has 5 rings (SSSR count). The predicted octanol–water partition coefficient (Wildman–Crippen LogP) is 2.91. The van der Waals surface area contributed by atoms with E-state index in [0.29, 0.717) is 31.5 Å². The average Bonchev–Trinajstić information content (AvgIpc) is 3.29. The molecule has 5 atom stereocenters. The van der Waals surface area contributed by atoms with E-state index < -0.39 is 18.4 Å². The van der Waals surface area contributed by atoms with Crippen molar-refractivity contribution in [1.29, 1.82) is 0 Å². The van der Waals surface area contributed by atoms with Gasteiger partial charge in [0.2, 0.25) is 0 Å². The van der Waals surface area contributed by atoms with E-state index in [9.17, 15) is 9.90 Å². The molecular weight excluding hydrogens is 386 g/mol. The molecule has 166 valence electrons. The van der Waals surface area contributed by atoms with E-state index in [1.807, 2.05) is 0 Å². The fraction of sp³-hybridized carbons (Fsp3) is 0.783. The van der Waals surface area contributed by atoms with Crippen LogP contribution in [0.15, 0.2) is 22.9 Å². The van der Waals surface area contributed by atoms with Crippen LogP contribution < -0.4 is 5.48 Å². The molecule has 7 heteroatoms. The number of aliphatic hydroxyl groups is 1. The summed E-state index contributed by atoms with van der Waals surface area (Å²) in [5.74, 6) is -0.856. The number of carboxylic acid groups (broad SMARTS) is 1. The van der Waals surface area contributed by atoms with Crippen LogP contribution in [0.4, 0.5) is 0 Å². The lowest BCUT2D eigenvalue weighted by molar-refractivity contribution is -0.229. The molecule has 1 heterocycles. The molecule has 0 aromatic rings. The summed E-state index contributed by atoms with van der Waals surface area (Å²) in [6.07, 6.45) is 8.24. The van der Waals surface area contributed by atoms with Crippen molar-refractivity contribution in [2.45, 2.75) is 70.7 Å². The topological polar surface area (TPSA) is 97.2 Å². The number of aliphatic hydroxyl groups excluding tert-OH is 1. The van der Waals surface area contributed by atoms with Crippen LogP contribution in [0.25, 0.3) is 0 Å². The van der Waals surface area contributed by atoms with Crippen LogP contribution in [-0.4, -0.2) is 47.9 Å². The standard InChI is InChI=1S/C23H33NO6/c1-21-6-3-15(25)11-14(21)12-18(24-30-13-19(26)27)20-16(21)4-7-22(2)17(20)5-8-23(22)28-9-10-29-23/h12,15-17,24-25H,3-11,13H2,1-2H3,(H,26,27)/t15-,16?,17?,21-,22-/m0/s1. The van der Waals surface area contributed by atoms with Gasteiger partial charge in [-0.25, -0.2) is 4.79 Å². The number of ether oxygens (including phenoxy) is 2. The number of nitrogens with one attached hydrogen (secondary N) is 1. The van der Waals surface area contributed by atoms with Crippen molar-refractivity contribution in [2.75, 3.05) is 19.8 Å². The Morgan fingerprint density at radius 1 is 1.17 bits per heavy atom. The van der Waals surface area contributed by atoms with E-state index in [1.165, 1.54) is 11.1 Å². The van der Waals surface area contributed by atoms with Gasteiger partial charge in [0.05, 0.1) is 25.0 Å². The highest BCUT2D eigenvalue weighted by molar-refractivity contribution is 5.68. The molecule has 0 radical (unpaired) electrons. The minimum Gasteiger partial charge on any atom is -0.479 e. The Balaban J connectivity index is 1.56. The van der Waals surface area contributed by atoms with Crippen molar-refractivity contribution in [3.8, 4) is 0 Å². The largest absolute Gasteiger partial charge is 0.479 e. The number of hydroxylamine groups is 1. The molecule has 0 aromatic carbocycles. The second-order valence-corrected chi connectivity index (χ2v) is 10.2. The number of hydrogen-bond donors (Lipinski definition) is 3. The number of hydrogen-bond acceptors (Lipinski definition) is 6. The van der Waals surface area contributed by atoms with Crippen LogP contribution >= 0.6 is 0 Å². The first-order chi connectivity index (χ1) is 14.3. The summed E-state index contributed by atoms with van der Waals surface area (Å²) < 4.78 is 12.4. The van der Waals surface area contributed by atoms with Gasteiger partial charge in [-0.2, -0.15) is 0 Å². The van der Waals surface area contributed by atoms with Gasteiger partial charge < -0.3 is 19.7 Å². The maximum atomic E-state index is 11.0. The highest BCUT2D eigenvalue weighted by atomic mass is 16.7. The summed E-state index contributed by atoms with van der Waals surface area (Å²) >= 11 is 0. The van der Waals surface area contributed by atoms with Crippen molar-refractivity contribution in [3.63, 3.8) is 0 Å². The summed E-state index contributed by atoms with van der Waals surface area (Å²) in [5.41, 5.74) is 6.38. The van der Waals surface area contributed by atoms with Gasteiger partial charge in [-0.05, 0) is 67.4 Å². The molecule has 30 heavy (non-hydrogen) atoms. The summed E-state index contributed by atoms with van der Waals surface area (Å²) in [6, 6.07) is 0. The van der Waals surface area contributed by atoms with Gasteiger partial charge in [0.25, 0.3) is 0 Å². The Morgan fingerprint density at radius 3 is 2.63 bits per heavy atom. The summed E-state index contributed by atoms with van der Waals surface area (Å²) in [4.78, 5) is 16.3. The van der Waals surface area contributed by atoms with Gasteiger partial charge in [-0.3, -0.25) is 10.3 Å². The number of rotatable bonds is 4. The summed E-state index contributed by atoms with van der Waals surface area (Å²) in [7, 11) is 0. The Bertz CT molecular complexity index is 800. The van der Waals surface area contributed by atoms with Crippen LogP contribution in [0.1, 0.15) is 58.8 Å². The maximum absolute atomic E-state index is 11.0. The van der Waals surface area contributed by atoms with Crippen molar-refractivity contribution < 1.29 is 29.3 Å². The minimum atomic E-state index is -1.01. The van der Waals surface area contributed by atoms with Crippen LogP contribution in [0.2, 0.25) is 0 Å². The Labute approximate surface area is 177 Å². The van der Waals surface area contributed by atoms with E-state index in [-0.39, 0.29) is 16.9 Å². The molecule has 3 saturated carbocycles. The van der Waals surface area contributed by atoms with Crippen LogP contribution in [0, 0.1) is 22.7 Å². The quantitative estimate of drug-likeness (QED) is 0.603. The molecule has 0 amide bonds. The minimum absolute atomic E-state index is 0.0288. The van der Waals surface area contributed by atoms with Crippen molar-refractivity contribution in [1.82, 2.24) is 5.48 Å². The molecule has 5 aliphatic rings. The zero-order valence-electron chi connectivity index (χ0n) is 17.9. The molecule has 2 unspecified atom stereocenters. The number of aliphatic carboxylic acids is 1. The fourth-order valence-electron chi connectivity index (χ4n) is 7.24. The third kappa shape index (κ3) is 2.82.